The van der Waals surface area contributed by atoms with Crippen molar-refractivity contribution in [2.24, 2.45) is 0 Å². The molecule has 1 aliphatic heterocycles. The highest BCUT2D eigenvalue weighted by Crippen LogP contribution is 2.24. The van der Waals surface area contributed by atoms with Gasteiger partial charge in [0.15, 0.2) is 5.69 Å². The second kappa shape index (κ2) is 4.47. The summed E-state index contributed by atoms with van der Waals surface area (Å²) < 4.78 is 0. The maximum atomic E-state index is 12.8. The minimum Gasteiger partial charge on any atom is -0.399 e. The number of benzene rings is 1. The van der Waals surface area contributed by atoms with Gasteiger partial charge in [0.1, 0.15) is 5.54 Å². The predicted molar refractivity (Wildman–Crippen MR) is 78.6 cm³/mol. The molecule has 0 saturated carbocycles. The van der Waals surface area contributed by atoms with E-state index in [4.69, 9.17) is 5.73 Å². The van der Waals surface area contributed by atoms with Crippen molar-refractivity contribution < 1.29 is 9.59 Å². The van der Waals surface area contributed by atoms with Crippen molar-refractivity contribution in [3.8, 4) is 0 Å². The van der Waals surface area contributed by atoms with Crippen LogP contribution in [0.25, 0.3) is 10.9 Å². The minimum atomic E-state index is -0.902. The number of nitrogens with zero attached hydrogens (tertiary/aromatic N) is 2. The first-order valence-electron chi connectivity index (χ1n) is 6.75. The summed E-state index contributed by atoms with van der Waals surface area (Å²) in [5.41, 5.74) is 6.47. The fourth-order valence-electron chi connectivity index (χ4n) is 2.58. The number of rotatable bonds is 1. The van der Waals surface area contributed by atoms with E-state index in [1.165, 1.54) is 0 Å². The second-order valence-electron chi connectivity index (χ2n) is 5.65. The molecule has 2 heterocycles. The Labute approximate surface area is 121 Å². The molecular weight excluding hydrogens is 270 g/mol. The molecule has 0 radical (unpaired) electrons. The number of H-pyrrole nitrogens is 1. The van der Waals surface area contributed by atoms with Crippen LogP contribution in [0.3, 0.4) is 0 Å². The van der Waals surface area contributed by atoms with Crippen LogP contribution >= 0.6 is 0 Å². The standard InChI is InChI=1S/C14H17N5O2/c1-14(2)13(21)16-5-6-19(14)12(20)11-9-7-8(15)3-4-10(9)17-18-11/h3-4,7H,5-6,15H2,1-2H3,(H,16,21)(H,17,18). The van der Waals surface area contributed by atoms with Crippen LogP contribution in [-0.4, -0.2) is 45.5 Å². The molecule has 0 aliphatic carbocycles. The molecule has 1 saturated heterocycles. The number of nitrogens with one attached hydrogen (secondary N) is 2. The van der Waals surface area contributed by atoms with Crippen molar-refractivity contribution in [2.75, 3.05) is 18.8 Å². The number of carbonyl (C=O) groups is 2. The fraction of sp³-hybridized carbons (Fsp3) is 0.357. The smallest absolute Gasteiger partial charge is 0.275 e. The third-order valence-electron chi connectivity index (χ3n) is 3.89. The van der Waals surface area contributed by atoms with E-state index in [0.717, 1.165) is 5.52 Å². The summed E-state index contributed by atoms with van der Waals surface area (Å²) in [6.45, 7) is 4.35. The summed E-state index contributed by atoms with van der Waals surface area (Å²) in [7, 11) is 0. The van der Waals surface area contributed by atoms with E-state index in [9.17, 15) is 9.59 Å². The summed E-state index contributed by atoms with van der Waals surface area (Å²) >= 11 is 0. The topological polar surface area (TPSA) is 104 Å². The lowest BCUT2D eigenvalue weighted by atomic mass is 9.98. The molecule has 0 atom stereocenters. The number of aromatic amines is 1. The maximum absolute atomic E-state index is 12.8. The molecule has 3 rings (SSSR count). The van der Waals surface area contributed by atoms with E-state index in [1.807, 2.05) is 0 Å². The van der Waals surface area contributed by atoms with Gasteiger partial charge in [0, 0.05) is 24.2 Å². The molecule has 21 heavy (non-hydrogen) atoms. The van der Waals surface area contributed by atoms with Gasteiger partial charge in [0.2, 0.25) is 5.91 Å². The molecular formula is C14H17N5O2. The van der Waals surface area contributed by atoms with Crippen LogP contribution in [0.2, 0.25) is 0 Å². The molecule has 1 aromatic heterocycles. The van der Waals surface area contributed by atoms with E-state index in [-0.39, 0.29) is 11.8 Å². The second-order valence-corrected chi connectivity index (χ2v) is 5.65. The molecule has 2 amide bonds. The van der Waals surface area contributed by atoms with Gasteiger partial charge in [-0.3, -0.25) is 14.7 Å². The summed E-state index contributed by atoms with van der Waals surface area (Å²) in [4.78, 5) is 26.3. The number of hydrogen-bond acceptors (Lipinski definition) is 4. The zero-order valence-electron chi connectivity index (χ0n) is 11.9. The fourth-order valence-corrected chi connectivity index (χ4v) is 2.58. The first kappa shape index (κ1) is 13.4. The van der Waals surface area contributed by atoms with E-state index in [1.54, 1.807) is 36.9 Å². The van der Waals surface area contributed by atoms with E-state index in [2.05, 4.69) is 15.5 Å². The Morgan fingerprint density at radius 2 is 2.19 bits per heavy atom. The number of aromatic nitrogens is 2. The van der Waals surface area contributed by atoms with Crippen LogP contribution in [-0.2, 0) is 4.79 Å². The monoisotopic (exact) mass is 287 g/mol. The minimum absolute atomic E-state index is 0.165. The molecule has 110 valence electrons. The number of amides is 2. The van der Waals surface area contributed by atoms with Gasteiger partial charge in [-0.25, -0.2) is 0 Å². The van der Waals surface area contributed by atoms with Crippen LogP contribution in [0.1, 0.15) is 24.3 Å². The van der Waals surface area contributed by atoms with Crippen LogP contribution < -0.4 is 11.1 Å². The van der Waals surface area contributed by atoms with Gasteiger partial charge in [-0.1, -0.05) is 0 Å². The highest BCUT2D eigenvalue weighted by atomic mass is 16.2. The number of fused-ring (bicyclic) bond motifs is 1. The molecule has 1 aliphatic rings. The highest BCUT2D eigenvalue weighted by Gasteiger charge is 2.41. The molecule has 1 fully saturated rings. The van der Waals surface area contributed by atoms with Crippen molar-refractivity contribution >= 4 is 28.4 Å². The largest absolute Gasteiger partial charge is 0.399 e. The average molecular weight is 287 g/mol. The zero-order valence-corrected chi connectivity index (χ0v) is 11.9. The Bertz CT molecular complexity index is 734. The van der Waals surface area contributed by atoms with E-state index < -0.39 is 5.54 Å². The van der Waals surface area contributed by atoms with Crippen molar-refractivity contribution in [2.45, 2.75) is 19.4 Å². The summed E-state index contributed by atoms with van der Waals surface area (Å²) in [6.07, 6.45) is 0. The molecule has 0 unspecified atom stereocenters. The normalized spacial score (nSPS) is 17.8. The quantitative estimate of drug-likeness (QED) is 0.664. The van der Waals surface area contributed by atoms with Gasteiger partial charge < -0.3 is 16.0 Å². The number of anilines is 1. The molecule has 2 aromatic rings. The summed E-state index contributed by atoms with van der Waals surface area (Å²) in [6, 6.07) is 5.23. The molecule has 1 aromatic carbocycles. The Balaban J connectivity index is 2.04. The lowest BCUT2D eigenvalue weighted by molar-refractivity contribution is -0.133. The number of piperazine rings is 1. The van der Waals surface area contributed by atoms with E-state index in [0.29, 0.717) is 29.9 Å². The maximum Gasteiger partial charge on any atom is 0.275 e. The number of nitrogen functional groups attached to an aromatic ring is 1. The lowest BCUT2D eigenvalue weighted by Gasteiger charge is -2.40. The molecule has 7 heteroatoms. The number of hydrogen-bond donors (Lipinski definition) is 3. The van der Waals surface area contributed by atoms with Crippen LogP contribution in [0.5, 0.6) is 0 Å². The van der Waals surface area contributed by atoms with Crippen molar-refractivity contribution in [3.63, 3.8) is 0 Å². The molecule has 4 N–H and O–H groups in total. The van der Waals surface area contributed by atoms with E-state index >= 15 is 0 Å². The predicted octanol–water partition coefficient (Wildman–Crippen LogP) is 0.496. The van der Waals surface area contributed by atoms with Gasteiger partial charge in [-0.15, -0.1) is 0 Å². The van der Waals surface area contributed by atoms with Crippen LogP contribution in [0.4, 0.5) is 5.69 Å². The SMILES string of the molecule is CC1(C)C(=O)NCCN1C(=O)c1n[nH]c2ccc(N)cc12. The third kappa shape index (κ3) is 2.01. The Kier molecular flexibility index (Phi) is 2.86. The molecule has 7 nitrogen and oxygen atoms in total. The van der Waals surface area contributed by atoms with Gasteiger partial charge in [-0.05, 0) is 32.0 Å². The highest BCUT2D eigenvalue weighted by molar-refractivity contribution is 6.07. The molecule has 0 spiro atoms. The Morgan fingerprint density at radius 1 is 1.43 bits per heavy atom. The van der Waals surface area contributed by atoms with Gasteiger partial charge >= 0.3 is 0 Å². The van der Waals surface area contributed by atoms with Crippen LogP contribution in [0, 0.1) is 0 Å². The summed E-state index contributed by atoms with van der Waals surface area (Å²) in [5, 5.41) is 10.4. The lowest BCUT2D eigenvalue weighted by Crippen LogP contribution is -2.63. The van der Waals surface area contributed by atoms with Crippen molar-refractivity contribution in [3.05, 3.63) is 23.9 Å². The van der Waals surface area contributed by atoms with Gasteiger partial charge in [0.25, 0.3) is 5.91 Å². The van der Waals surface area contributed by atoms with Crippen LogP contribution in [0.15, 0.2) is 18.2 Å². The number of nitrogens with two attached hydrogens (primary N) is 1. The average Bonchev–Trinajstić information content (AvgIpc) is 2.84. The zero-order chi connectivity index (χ0) is 15.2. The Morgan fingerprint density at radius 3 is 2.95 bits per heavy atom. The van der Waals surface area contributed by atoms with Gasteiger partial charge in [0.05, 0.1) is 5.52 Å². The molecule has 0 bridgehead atoms. The third-order valence-corrected chi connectivity index (χ3v) is 3.89. The van der Waals surface area contributed by atoms with Gasteiger partial charge in [-0.2, -0.15) is 5.10 Å². The summed E-state index contributed by atoms with van der Waals surface area (Å²) in [5.74, 6) is -0.437. The first-order valence-corrected chi connectivity index (χ1v) is 6.75. The Hall–Kier alpha value is -2.57. The van der Waals surface area contributed by atoms with Crippen molar-refractivity contribution in [1.82, 2.24) is 20.4 Å². The van der Waals surface area contributed by atoms with Crippen molar-refractivity contribution in [1.29, 1.82) is 0 Å². The number of carbonyl (C=O) groups excluding carboxylic acids is 2. The first-order chi connectivity index (χ1) is 9.91.